The lowest BCUT2D eigenvalue weighted by Gasteiger charge is -2.07. The number of ether oxygens (including phenoxy) is 1. The molecule has 0 unspecified atom stereocenters. The summed E-state index contributed by atoms with van der Waals surface area (Å²) >= 11 is 0. The average molecular weight is 376 g/mol. The zero-order valence-corrected chi connectivity index (χ0v) is 15.4. The molecular weight excluding hydrogens is 356 g/mol. The molecule has 0 saturated carbocycles. The number of rotatable bonds is 7. The van der Waals surface area contributed by atoms with Gasteiger partial charge in [0, 0.05) is 24.6 Å². The van der Waals surface area contributed by atoms with Crippen LogP contribution in [0.5, 0.6) is 0 Å². The first-order chi connectivity index (χ1) is 13.7. The second kappa shape index (κ2) is 9.27. The number of aromatic nitrogens is 2. The Labute approximate surface area is 162 Å². The molecule has 2 N–H and O–H groups in total. The lowest BCUT2D eigenvalue weighted by Crippen LogP contribution is -2.26. The van der Waals surface area contributed by atoms with Gasteiger partial charge in [0.2, 0.25) is 5.95 Å². The van der Waals surface area contributed by atoms with Crippen molar-refractivity contribution in [3.63, 3.8) is 0 Å². The molecule has 0 fully saturated rings. The summed E-state index contributed by atoms with van der Waals surface area (Å²) in [4.78, 5) is 31.9. The van der Waals surface area contributed by atoms with E-state index in [0.717, 1.165) is 12.0 Å². The fraction of sp³-hybridized carbons (Fsp3) is 0.143. The monoisotopic (exact) mass is 376 g/mol. The number of hydrogen-bond acceptors (Lipinski definition) is 6. The molecule has 3 aromatic rings. The van der Waals surface area contributed by atoms with E-state index in [9.17, 15) is 9.59 Å². The van der Waals surface area contributed by atoms with Crippen LogP contribution in [-0.2, 0) is 11.2 Å². The van der Waals surface area contributed by atoms with Crippen molar-refractivity contribution in [3.8, 4) is 0 Å². The molecule has 3 rings (SSSR count). The van der Waals surface area contributed by atoms with Crippen molar-refractivity contribution in [1.82, 2.24) is 15.3 Å². The molecule has 0 radical (unpaired) electrons. The van der Waals surface area contributed by atoms with E-state index in [1.807, 2.05) is 30.3 Å². The van der Waals surface area contributed by atoms with Crippen LogP contribution in [0.15, 0.2) is 67.0 Å². The smallest absolute Gasteiger partial charge is 0.337 e. The zero-order valence-electron chi connectivity index (χ0n) is 15.4. The van der Waals surface area contributed by atoms with Crippen LogP contribution in [0.25, 0.3) is 0 Å². The third-order valence-corrected chi connectivity index (χ3v) is 4.02. The normalized spacial score (nSPS) is 10.2. The topological polar surface area (TPSA) is 93.2 Å². The van der Waals surface area contributed by atoms with Crippen LogP contribution in [0.4, 0.5) is 11.6 Å². The molecule has 142 valence electrons. The minimum atomic E-state index is -0.398. The quantitative estimate of drug-likeness (QED) is 0.616. The van der Waals surface area contributed by atoms with Gasteiger partial charge in [-0.05, 0) is 36.2 Å². The van der Waals surface area contributed by atoms with Crippen molar-refractivity contribution in [2.45, 2.75) is 6.42 Å². The van der Waals surface area contributed by atoms with Gasteiger partial charge < -0.3 is 15.4 Å². The summed E-state index contributed by atoms with van der Waals surface area (Å²) in [6.45, 7) is 0.537. The Balaban J connectivity index is 1.52. The highest BCUT2D eigenvalue weighted by molar-refractivity contribution is 5.93. The number of hydrogen-bond donors (Lipinski definition) is 2. The van der Waals surface area contributed by atoms with Crippen molar-refractivity contribution in [1.29, 1.82) is 0 Å². The number of benzene rings is 2. The molecule has 2 aromatic carbocycles. The van der Waals surface area contributed by atoms with Gasteiger partial charge >= 0.3 is 5.97 Å². The minimum Gasteiger partial charge on any atom is -0.465 e. The van der Waals surface area contributed by atoms with Gasteiger partial charge in [-0.1, -0.05) is 30.3 Å². The van der Waals surface area contributed by atoms with E-state index < -0.39 is 5.97 Å². The minimum absolute atomic E-state index is 0.218. The Bertz CT molecular complexity index is 926. The number of nitrogens with zero attached hydrogens (tertiary/aromatic N) is 2. The molecule has 7 heteroatoms. The molecule has 1 amide bonds. The van der Waals surface area contributed by atoms with Gasteiger partial charge in [0.05, 0.1) is 18.2 Å². The van der Waals surface area contributed by atoms with Crippen LogP contribution in [0, 0.1) is 0 Å². The maximum atomic E-state index is 12.2. The molecule has 7 nitrogen and oxygen atoms in total. The van der Waals surface area contributed by atoms with Gasteiger partial charge in [-0.25, -0.2) is 14.8 Å². The van der Waals surface area contributed by atoms with Gasteiger partial charge in [0.25, 0.3) is 5.91 Å². The number of anilines is 2. The summed E-state index contributed by atoms with van der Waals surface area (Å²) in [5.41, 5.74) is 2.72. The highest BCUT2D eigenvalue weighted by atomic mass is 16.5. The van der Waals surface area contributed by atoms with E-state index >= 15 is 0 Å². The van der Waals surface area contributed by atoms with Gasteiger partial charge in [0.1, 0.15) is 0 Å². The van der Waals surface area contributed by atoms with Crippen molar-refractivity contribution in [2.75, 3.05) is 19.0 Å². The molecule has 0 saturated heterocycles. The van der Waals surface area contributed by atoms with Crippen LogP contribution in [0.3, 0.4) is 0 Å². The SMILES string of the molecule is COC(=O)c1ccc(Nc2ncc(C(=O)NCCc3ccccc3)cn2)cc1. The Morgan fingerprint density at radius 2 is 1.61 bits per heavy atom. The fourth-order valence-electron chi connectivity index (χ4n) is 2.51. The van der Waals surface area contributed by atoms with Gasteiger partial charge in [-0.15, -0.1) is 0 Å². The molecule has 0 spiro atoms. The van der Waals surface area contributed by atoms with Crippen molar-refractivity contribution < 1.29 is 14.3 Å². The first-order valence-electron chi connectivity index (χ1n) is 8.75. The molecule has 28 heavy (non-hydrogen) atoms. The van der Waals surface area contributed by atoms with Gasteiger partial charge in [-0.2, -0.15) is 0 Å². The van der Waals surface area contributed by atoms with Crippen LogP contribution >= 0.6 is 0 Å². The van der Waals surface area contributed by atoms with E-state index in [1.54, 1.807) is 24.3 Å². The number of carbonyl (C=O) groups excluding carboxylic acids is 2. The molecule has 0 aliphatic carbocycles. The van der Waals surface area contributed by atoms with Crippen molar-refractivity contribution in [2.24, 2.45) is 0 Å². The fourth-order valence-corrected chi connectivity index (χ4v) is 2.51. The molecule has 1 heterocycles. The predicted molar refractivity (Wildman–Crippen MR) is 106 cm³/mol. The number of esters is 1. The predicted octanol–water partition coefficient (Wildman–Crippen LogP) is 2.98. The van der Waals surface area contributed by atoms with Crippen LogP contribution in [0.1, 0.15) is 26.3 Å². The summed E-state index contributed by atoms with van der Waals surface area (Å²) in [6, 6.07) is 16.7. The molecule has 0 aliphatic rings. The second-order valence-corrected chi connectivity index (χ2v) is 5.98. The van der Waals surface area contributed by atoms with Crippen molar-refractivity contribution in [3.05, 3.63) is 83.7 Å². The highest BCUT2D eigenvalue weighted by Crippen LogP contribution is 2.14. The highest BCUT2D eigenvalue weighted by Gasteiger charge is 2.08. The van der Waals surface area contributed by atoms with Crippen LogP contribution < -0.4 is 10.6 Å². The average Bonchev–Trinajstić information content (AvgIpc) is 2.75. The Hall–Kier alpha value is -3.74. The first-order valence-corrected chi connectivity index (χ1v) is 8.75. The summed E-state index contributed by atoms with van der Waals surface area (Å²) in [5, 5.41) is 5.87. The maximum absolute atomic E-state index is 12.2. The van der Waals surface area contributed by atoms with Gasteiger partial charge in [0.15, 0.2) is 0 Å². The molecule has 0 aliphatic heterocycles. The summed E-state index contributed by atoms with van der Waals surface area (Å²) < 4.78 is 4.66. The summed E-state index contributed by atoms with van der Waals surface area (Å²) in [7, 11) is 1.34. The Morgan fingerprint density at radius 3 is 2.25 bits per heavy atom. The third kappa shape index (κ3) is 5.14. The second-order valence-electron chi connectivity index (χ2n) is 5.98. The largest absolute Gasteiger partial charge is 0.465 e. The van der Waals surface area contributed by atoms with Crippen molar-refractivity contribution >= 4 is 23.5 Å². The Kier molecular flexibility index (Phi) is 6.30. The lowest BCUT2D eigenvalue weighted by atomic mass is 10.1. The van der Waals surface area contributed by atoms with E-state index in [1.165, 1.54) is 19.5 Å². The maximum Gasteiger partial charge on any atom is 0.337 e. The number of methoxy groups -OCH3 is 1. The third-order valence-electron chi connectivity index (χ3n) is 4.02. The van der Waals surface area contributed by atoms with Crippen LogP contribution in [0.2, 0.25) is 0 Å². The van der Waals surface area contributed by atoms with Crippen LogP contribution in [-0.4, -0.2) is 35.5 Å². The lowest BCUT2D eigenvalue weighted by molar-refractivity contribution is 0.0600. The van der Waals surface area contributed by atoms with E-state index in [-0.39, 0.29) is 5.91 Å². The molecule has 0 atom stereocenters. The molecule has 1 aromatic heterocycles. The van der Waals surface area contributed by atoms with E-state index in [4.69, 9.17) is 0 Å². The van der Waals surface area contributed by atoms with Gasteiger partial charge in [-0.3, -0.25) is 4.79 Å². The number of amides is 1. The number of nitrogens with one attached hydrogen (secondary N) is 2. The molecular formula is C21H20N4O3. The Morgan fingerprint density at radius 1 is 0.929 bits per heavy atom. The summed E-state index contributed by atoms with van der Waals surface area (Å²) in [6.07, 6.45) is 3.70. The zero-order chi connectivity index (χ0) is 19.8. The standard InChI is InChI=1S/C21H20N4O3/c1-28-20(27)16-7-9-18(10-8-16)25-21-23-13-17(14-24-21)19(26)22-12-11-15-5-3-2-4-6-15/h2-10,13-14H,11-12H2,1H3,(H,22,26)(H,23,24,25). The van der Waals surface area contributed by atoms with E-state index in [0.29, 0.717) is 29.3 Å². The summed E-state index contributed by atoms with van der Waals surface area (Å²) in [5.74, 6) is -0.262. The molecule has 0 bridgehead atoms. The van der Waals surface area contributed by atoms with E-state index in [2.05, 4.69) is 25.3 Å². The first kappa shape index (κ1) is 19.0. The number of carbonyl (C=O) groups is 2.